The summed E-state index contributed by atoms with van der Waals surface area (Å²) in [6.07, 6.45) is 0. The lowest BCUT2D eigenvalue weighted by Crippen LogP contribution is -2.06. The van der Waals surface area contributed by atoms with Crippen LogP contribution < -0.4 is 5.63 Å². The lowest BCUT2D eigenvalue weighted by atomic mass is 10.0. The van der Waals surface area contributed by atoms with E-state index in [-0.39, 0.29) is 5.63 Å². The molecule has 1 aromatic carbocycles. The highest BCUT2D eigenvalue weighted by Crippen LogP contribution is 2.20. The summed E-state index contributed by atoms with van der Waals surface area (Å²) in [5, 5.41) is 0.609. The molecule has 0 atom stereocenters. The van der Waals surface area contributed by atoms with Crippen LogP contribution in [0.15, 0.2) is 15.3 Å². The summed E-state index contributed by atoms with van der Waals surface area (Å²) >= 11 is 4.24. The van der Waals surface area contributed by atoms with Gasteiger partial charge in [0.2, 0.25) is 0 Å². The summed E-state index contributed by atoms with van der Waals surface area (Å²) in [7, 11) is 0. The zero-order chi connectivity index (χ0) is 13.2. The van der Waals surface area contributed by atoms with Gasteiger partial charge < -0.3 is 4.42 Å². The Balaban J connectivity index is 0.000000686. The third kappa shape index (κ3) is 2.98. The van der Waals surface area contributed by atoms with Gasteiger partial charge in [0.1, 0.15) is 0 Å². The number of hydrogen-bond donors (Lipinski definition) is 0. The molecule has 0 aliphatic rings. The van der Waals surface area contributed by atoms with Crippen molar-refractivity contribution in [3.05, 3.63) is 39.1 Å². The second-order valence-electron chi connectivity index (χ2n) is 3.88. The molecule has 0 aliphatic carbocycles. The molecule has 0 fully saturated rings. The molecule has 17 heavy (non-hydrogen) atoms. The maximum Gasteiger partial charge on any atom is 0.347 e. The molecular weight excluding hydrogens is 444 g/mol. The average molecular weight is 457 g/mol. The molecule has 0 saturated carbocycles. The minimum Gasteiger partial charge on any atom is -0.408 e. The summed E-state index contributed by atoms with van der Waals surface area (Å²) in [4.78, 5) is 16.0. The number of nitrogens with zero attached hydrogens (tertiary/aromatic N) is 1. The maximum absolute atomic E-state index is 11.7. The lowest BCUT2D eigenvalue weighted by molar-refractivity contribution is 0.466. The van der Waals surface area contributed by atoms with Gasteiger partial charge in [-0.05, 0) is 37.5 Å². The van der Waals surface area contributed by atoms with Gasteiger partial charge in [-0.25, -0.2) is 9.78 Å². The molecule has 0 amide bonds. The number of rotatable bonds is 0. The van der Waals surface area contributed by atoms with Crippen LogP contribution in [-0.2, 0) is 0 Å². The van der Waals surface area contributed by atoms with E-state index in [0.29, 0.717) is 11.3 Å². The molecule has 2 rings (SSSR count). The van der Waals surface area contributed by atoms with Crippen molar-refractivity contribution in [2.75, 3.05) is 0 Å². The highest BCUT2D eigenvalue weighted by molar-refractivity contribution is 15.0. The SMILES string of the molecule is Cc1nc2c(C)cc(C)c(C)c2c(=O)o1.II. The topological polar surface area (TPSA) is 43.1 Å². The summed E-state index contributed by atoms with van der Waals surface area (Å²) in [5.41, 5.74) is 3.53. The first-order chi connectivity index (χ1) is 8.00. The van der Waals surface area contributed by atoms with E-state index in [4.69, 9.17) is 4.42 Å². The van der Waals surface area contributed by atoms with Crippen molar-refractivity contribution in [1.82, 2.24) is 4.98 Å². The largest absolute Gasteiger partial charge is 0.408 e. The molecule has 2 aromatic rings. The van der Waals surface area contributed by atoms with E-state index in [1.165, 1.54) is 0 Å². The second-order valence-corrected chi connectivity index (χ2v) is 3.88. The Morgan fingerprint density at radius 3 is 2.29 bits per heavy atom. The molecule has 0 saturated heterocycles. The van der Waals surface area contributed by atoms with Crippen molar-refractivity contribution < 1.29 is 4.42 Å². The molecule has 0 spiro atoms. The molecule has 0 N–H and O–H groups in total. The number of aromatic nitrogens is 1. The van der Waals surface area contributed by atoms with Crippen molar-refractivity contribution in [2.24, 2.45) is 0 Å². The number of benzene rings is 1. The number of fused-ring (bicyclic) bond motifs is 1. The van der Waals surface area contributed by atoms with Crippen molar-refractivity contribution >= 4 is 48.1 Å². The van der Waals surface area contributed by atoms with Gasteiger partial charge in [0.05, 0.1) is 10.9 Å². The van der Waals surface area contributed by atoms with E-state index in [9.17, 15) is 4.79 Å². The van der Waals surface area contributed by atoms with Crippen molar-refractivity contribution in [3.63, 3.8) is 0 Å². The maximum atomic E-state index is 11.7. The van der Waals surface area contributed by atoms with Crippen LogP contribution in [0.1, 0.15) is 22.6 Å². The third-order valence-electron chi connectivity index (χ3n) is 2.72. The third-order valence-corrected chi connectivity index (χ3v) is 2.72. The summed E-state index contributed by atoms with van der Waals surface area (Å²) < 4.78 is 5.01. The van der Waals surface area contributed by atoms with Crippen LogP contribution in [-0.4, -0.2) is 4.98 Å². The lowest BCUT2D eigenvalue weighted by Gasteiger charge is -2.07. The number of hydrogen-bond acceptors (Lipinski definition) is 3. The van der Waals surface area contributed by atoms with Crippen LogP contribution in [0.25, 0.3) is 10.9 Å². The van der Waals surface area contributed by atoms with Gasteiger partial charge >= 0.3 is 5.63 Å². The van der Waals surface area contributed by atoms with Crippen molar-refractivity contribution in [2.45, 2.75) is 27.7 Å². The normalized spacial score (nSPS) is 10.0. The van der Waals surface area contributed by atoms with Gasteiger partial charge in [0, 0.05) is 44.2 Å². The molecule has 92 valence electrons. The van der Waals surface area contributed by atoms with Crippen molar-refractivity contribution in [3.8, 4) is 0 Å². The molecule has 0 aliphatic heterocycles. The minimum atomic E-state index is -0.290. The smallest absolute Gasteiger partial charge is 0.347 e. The van der Waals surface area contributed by atoms with Crippen LogP contribution in [0.4, 0.5) is 0 Å². The Morgan fingerprint density at radius 2 is 1.71 bits per heavy atom. The van der Waals surface area contributed by atoms with E-state index in [1.54, 1.807) is 6.92 Å². The Bertz CT molecular complexity index is 605. The highest BCUT2D eigenvalue weighted by Gasteiger charge is 2.10. The van der Waals surface area contributed by atoms with Gasteiger partial charge in [-0.3, -0.25) is 0 Å². The first-order valence-electron chi connectivity index (χ1n) is 5.03. The van der Waals surface area contributed by atoms with Crippen LogP contribution in [0.5, 0.6) is 0 Å². The van der Waals surface area contributed by atoms with Crippen LogP contribution in [0.2, 0.25) is 0 Å². The van der Waals surface area contributed by atoms with Crippen LogP contribution in [0, 0.1) is 27.7 Å². The monoisotopic (exact) mass is 457 g/mol. The quantitative estimate of drug-likeness (QED) is 0.558. The summed E-state index contributed by atoms with van der Waals surface area (Å²) in [5.74, 6) is 0.416. The molecule has 0 radical (unpaired) electrons. The average Bonchev–Trinajstić information content (AvgIpc) is 2.28. The molecule has 0 unspecified atom stereocenters. The first-order valence-corrected chi connectivity index (χ1v) is 11.3. The Kier molecular flexibility index (Phi) is 5.36. The molecule has 5 heteroatoms. The van der Waals surface area contributed by atoms with Gasteiger partial charge in [-0.2, -0.15) is 0 Å². The number of aryl methyl sites for hydroxylation is 4. The molecule has 1 aromatic heterocycles. The van der Waals surface area contributed by atoms with Gasteiger partial charge in [-0.15, -0.1) is 0 Å². The van der Waals surface area contributed by atoms with E-state index >= 15 is 0 Å². The van der Waals surface area contributed by atoms with Gasteiger partial charge in [0.25, 0.3) is 0 Å². The van der Waals surface area contributed by atoms with Crippen molar-refractivity contribution in [1.29, 1.82) is 0 Å². The minimum absolute atomic E-state index is 0.290. The van der Waals surface area contributed by atoms with E-state index in [0.717, 1.165) is 22.2 Å². The zero-order valence-corrected chi connectivity index (χ0v) is 14.4. The predicted octanol–water partition coefficient (Wildman–Crippen LogP) is 4.19. The predicted molar refractivity (Wildman–Crippen MR) is 87.3 cm³/mol. The first kappa shape index (κ1) is 14.9. The second kappa shape index (κ2) is 6.12. The fraction of sp³-hybridized carbons (Fsp3) is 0.333. The molecule has 0 bridgehead atoms. The zero-order valence-electron chi connectivity index (χ0n) is 10.1. The summed E-state index contributed by atoms with van der Waals surface area (Å²) in [6.45, 7) is 7.56. The van der Waals surface area contributed by atoms with Crippen LogP contribution >= 0.6 is 37.2 Å². The van der Waals surface area contributed by atoms with Crippen LogP contribution in [0.3, 0.4) is 0 Å². The molecular formula is C12H13I2NO2. The highest BCUT2D eigenvalue weighted by atomic mass is 128. The summed E-state index contributed by atoms with van der Waals surface area (Å²) in [6, 6.07) is 2.05. The Morgan fingerprint density at radius 1 is 1.12 bits per heavy atom. The van der Waals surface area contributed by atoms with E-state index < -0.39 is 0 Å². The molecule has 3 nitrogen and oxygen atoms in total. The fourth-order valence-electron chi connectivity index (χ4n) is 1.83. The van der Waals surface area contributed by atoms with E-state index in [1.807, 2.05) is 26.8 Å². The Hall–Kier alpha value is -0.180. The fourth-order valence-corrected chi connectivity index (χ4v) is 1.83. The Labute approximate surface area is 123 Å². The number of halogens is 2. The van der Waals surface area contributed by atoms with Gasteiger partial charge in [0.15, 0.2) is 5.89 Å². The standard InChI is InChI=1S/C12H13NO2.I2/c1-6-5-7(2)11-10(8(6)3)12(14)15-9(4)13-11;1-2/h5H,1-4H3;. The van der Waals surface area contributed by atoms with Gasteiger partial charge in [-0.1, -0.05) is 6.07 Å². The van der Waals surface area contributed by atoms with E-state index in [2.05, 4.69) is 42.2 Å². The molecule has 1 heterocycles.